The molecule has 0 radical (unpaired) electrons. The predicted molar refractivity (Wildman–Crippen MR) is 93.0 cm³/mol. The molecule has 0 aromatic heterocycles. The van der Waals surface area contributed by atoms with Crippen LogP contribution in [-0.2, 0) is 10.1 Å². The molecule has 0 bridgehead atoms. The largest absolute Gasteiger partial charge is 0.506 e. The van der Waals surface area contributed by atoms with E-state index in [1.807, 2.05) is 12.1 Å². The highest BCUT2D eigenvalue weighted by atomic mass is 32.2. The number of carbonyl (C=O) groups is 1. The summed E-state index contributed by atoms with van der Waals surface area (Å²) in [5, 5.41) is 11.6. The summed E-state index contributed by atoms with van der Waals surface area (Å²) in [6.45, 7) is 0. The average Bonchev–Trinajstić information content (AvgIpc) is 2.60. The van der Waals surface area contributed by atoms with E-state index in [0.29, 0.717) is 5.39 Å². The third kappa shape index (κ3) is 3.54. The summed E-state index contributed by atoms with van der Waals surface area (Å²) in [6, 6.07) is 15.6. The molecule has 7 nitrogen and oxygen atoms in total. The molecule has 0 spiro atoms. The van der Waals surface area contributed by atoms with E-state index >= 15 is 0 Å². The van der Waals surface area contributed by atoms with Gasteiger partial charge in [0.1, 0.15) is 5.75 Å². The minimum absolute atomic E-state index is 0.0668. The highest BCUT2D eigenvalue weighted by molar-refractivity contribution is 7.85. The van der Waals surface area contributed by atoms with Crippen LogP contribution in [0.3, 0.4) is 0 Å². The van der Waals surface area contributed by atoms with E-state index in [-0.39, 0.29) is 21.9 Å². The Balaban J connectivity index is 1.81. The lowest BCUT2D eigenvalue weighted by Crippen LogP contribution is -2.29. The number of amides is 1. The smallest absolute Gasteiger partial charge is 0.294 e. The number of phenols is 1. The van der Waals surface area contributed by atoms with Gasteiger partial charge in [0.2, 0.25) is 0 Å². The summed E-state index contributed by atoms with van der Waals surface area (Å²) in [5.41, 5.74) is 5.24. The van der Waals surface area contributed by atoms with Crippen molar-refractivity contribution in [3.8, 4) is 5.75 Å². The molecule has 8 heteroatoms. The molecule has 1 amide bonds. The maximum absolute atomic E-state index is 12.3. The molecule has 0 saturated heterocycles. The topological polar surface area (TPSA) is 116 Å². The fourth-order valence-electron chi connectivity index (χ4n) is 2.37. The van der Waals surface area contributed by atoms with Gasteiger partial charge in [-0.15, -0.1) is 0 Å². The third-order valence-electron chi connectivity index (χ3n) is 3.60. The van der Waals surface area contributed by atoms with Crippen molar-refractivity contribution in [2.24, 2.45) is 0 Å². The molecule has 3 rings (SSSR count). The SMILES string of the molecule is O=C(NNc1cccc(S(=O)(=O)O)c1)c1ccc2ccccc2c1O. The van der Waals surface area contributed by atoms with Crippen LogP contribution in [0.1, 0.15) is 10.4 Å². The Labute approximate surface area is 143 Å². The van der Waals surface area contributed by atoms with Crippen LogP contribution >= 0.6 is 0 Å². The first-order chi connectivity index (χ1) is 11.9. The molecule has 3 aromatic carbocycles. The Morgan fingerprint density at radius 3 is 2.48 bits per heavy atom. The quantitative estimate of drug-likeness (QED) is 0.421. The van der Waals surface area contributed by atoms with Gasteiger partial charge < -0.3 is 5.11 Å². The zero-order valence-corrected chi connectivity index (χ0v) is 13.6. The molecule has 25 heavy (non-hydrogen) atoms. The van der Waals surface area contributed by atoms with Crippen molar-refractivity contribution in [1.82, 2.24) is 5.43 Å². The van der Waals surface area contributed by atoms with Crippen LogP contribution < -0.4 is 10.9 Å². The third-order valence-corrected chi connectivity index (χ3v) is 4.45. The van der Waals surface area contributed by atoms with Crippen molar-refractivity contribution in [2.75, 3.05) is 5.43 Å². The maximum atomic E-state index is 12.3. The molecule has 0 atom stereocenters. The van der Waals surface area contributed by atoms with Crippen LogP contribution in [0.4, 0.5) is 5.69 Å². The van der Waals surface area contributed by atoms with Crippen LogP contribution in [0.15, 0.2) is 65.6 Å². The lowest BCUT2D eigenvalue weighted by Gasteiger charge is -2.11. The monoisotopic (exact) mass is 358 g/mol. The molecule has 0 heterocycles. The molecule has 0 aliphatic carbocycles. The highest BCUT2D eigenvalue weighted by Crippen LogP contribution is 2.28. The minimum Gasteiger partial charge on any atom is -0.506 e. The van der Waals surface area contributed by atoms with E-state index in [2.05, 4.69) is 10.9 Å². The molecule has 0 aliphatic heterocycles. The Kier molecular flexibility index (Phi) is 4.30. The van der Waals surface area contributed by atoms with Gasteiger partial charge >= 0.3 is 0 Å². The molecule has 0 aliphatic rings. The number of nitrogens with one attached hydrogen (secondary N) is 2. The average molecular weight is 358 g/mol. The number of phenolic OH excluding ortho intramolecular Hbond substituents is 1. The first kappa shape index (κ1) is 16.7. The van der Waals surface area contributed by atoms with Crippen LogP contribution in [0.25, 0.3) is 10.8 Å². The zero-order valence-electron chi connectivity index (χ0n) is 12.8. The van der Waals surface area contributed by atoms with Gasteiger partial charge in [-0.2, -0.15) is 8.42 Å². The second kappa shape index (κ2) is 6.42. The van der Waals surface area contributed by atoms with Crippen LogP contribution in [0, 0.1) is 0 Å². The zero-order chi connectivity index (χ0) is 18.0. The number of hydrazine groups is 1. The van der Waals surface area contributed by atoms with E-state index in [1.54, 1.807) is 18.2 Å². The van der Waals surface area contributed by atoms with Gasteiger partial charge in [-0.3, -0.25) is 20.2 Å². The standard InChI is InChI=1S/C17H14N2O5S/c20-16-14-7-2-1-4-11(14)8-9-15(16)17(21)19-18-12-5-3-6-13(10-12)25(22,23)24/h1-10,18,20H,(H,19,21)(H,22,23,24). The van der Waals surface area contributed by atoms with E-state index in [0.717, 1.165) is 11.5 Å². The summed E-state index contributed by atoms with van der Waals surface area (Å²) < 4.78 is 31.3. The van der Waals surface area contributed by atoms with Crippen LogP contribution in [-0.4, -0.2) is 24.0 Å². The number of aromatic hydroxyl groups is 1. The lowest BCUT2D eigenvalue weighted by atomic mass is 10.1. The summed E-state index contributed by atoms with van der Waals surface area (Å²) in [6.07, 6.45) is 0. The number of carbonyl (C=O) groups excluding carboxylic acids is 1. The summed E-state index contributed by atoms with van der Waals surface area (Å²) in [7, 11) is -4.34. The van der Waals surface area contributed by atoms with Gasteiger partial charge in [0, 0.05) is 5.39 Å². The molecule has 4 N–H and O–H groups in total. The maximum Gasteiger partial charge on any atom is 0.294 e. The molecule has 3 aromatic rings. The van der Waals surface area contributed by atoms with Crippen molar-refractivity contribution in [1.29, 1.82) is 0 Å². The first-order valence-corrected chi connectivity index (χ1v) is 8.65. The van der Waals surface area contributed by atoms with E-state index in [1.165, 1.54) is 24.3 Å². The highest BCUT2D eigenvalue weighted by Gasteiger charge is 2.14. The Hall–Kier alpha value is -3.10. The van der Waals surface area contributed by atoms with Crippen LogP contribution in [0.2, 0.25) is 0 Å². The van der Waals surface area contributed by atoms with Gasteiger partial charge in [-0.25, -0.2) is 0 Å². The van der Waals surface area contributed by atoms with Crippen molar-refractivity contribution in [3.05, 3.63) is 66.2 Å². The number of anilines is 1. The lowest BCUT2D eigenvalue weighted by molar-refractivity contribution is 0.0960. The molecular weight excluding hydrogens is 344 g/mol. The van der Waals surface area contributed by atoms with Gasteiger partial charge in [0.05, 0.1) is 16.1 Å². The number of hydrogen-bond acceptors (Lipinski definition) is 5. The fourth-order valence-corrected chi connectivity index (χ4v) is 2.90. The van der Waals surface area contributed by atoms with Crippen LogP contribution in [0.5, 0.6) is 5.75 Å². The Bertz CT molecular complexity index is 1060. The van der Waals surface area contributed by atoms with Crippen molar-refractivity contribution in [2.45, 2.75) is 4.90 Å². The molecule has 128 valence electrons. The summed E-state index contributed by atoms with van der Waals surface area (Å²) in [5.74, 6) is -0.746. The van der Waals surface area contributed by atoms with E-state index in [4.69, 9.17) is 4.55 Å². The predicted octanol–water partition coefficient (Wildman–Crippen LogP) is 2.55. The van der Waals surface area contributed by atoms with Gasteiger partial charge in [-0.1, -0.05) is 36.4 Å². The summed E-state index contributed by atoms with van der Waals surface area (Å²) >= 11 is 0. The summed E-state index contributed by atoms with van der Waals surface area (Å²) in [4.78, 5) is 12.0. The van der Waals surface area contributed by atoms with Crippen molar-refractivity contribution in [3.63, 3.8) is 0 Å². The number of hydrogen-bond donors (Lipinski definition) is 4. The van der Waals surface area contributed by atoms with E-state index < -0.39 is 16.0 Å². The Morgan fingerprint density at radius 1 is 0.960 bits per heavy atom. The number of rotatable bonds is 4. The fraction of sp³-hybridized carbons (Fsp3) is 0. The van der Waals surface area contributed by atoms with Crippen molar-refractivity contribution < 1.29 is 22.9 Å². The Morgan fingerprint density at radius 2 is 1.72 bits per heavy atom. The number of fused-ring (bicyclic) bond motifs is 1. The van der Waals surface area contributed by atoms with E-state index in [9.17, 15) is 18.3 Å². The molecular formula is C17H14N2O5S. The second-order valence-electron chi connectivity index (χ2n) is 5.26. The minimum atomic E-state index is -4.34. The molecule has 0 fully saturated rings. The van der Waals surface area contributed by atoms with Crippen molar-refractivity contribution >= 4 is 32.5 Å². The van der Waals surface area contributed by atoms with Gasteiger partial charge in [0.15, 0.2) is 0 Å². The number of benzene rings is 3. The molecule has 0 unspecified atom stereocenters. The van der Waals surface area contributed by atoms with Gasteiger partial charge in [0.25, 0.3) is 16.0 Å². The second-order valence-corrected chi connectivity index (χ2v) is 6.69. The normalized spacial score (nSPS) is 11.2. The van der Waals surface area contributed by atoms with Gasteiger partial charge in [-0.05, 0) is 29.7 Å². The first-order valence-electron chi connectivity index (χ1n) is 7.21. The molecule has 0 saturated carbocycles.